The van der Waals surface area contributed by atoms with E-state index in [0.717, 1.165) is 37.4 Å². The SMILES string of the molecule is Nc1cccc2c1C(=O)c1ccc3c(c1C2=O)NC1(CCN(Cc2ccccc2)C1)N3. The van der Waals surface area contributed by atoms with Crippen molar-refractivity contribution in [2.75, 3.05) is 29.5 Å². The number of benzene rings is 3. The summed E-state index contributed by atoms with van der Waals surface area (Å²) in [4.78, 5) is 28.9. The number of carbonyl (C=O) groups excluding carboxylic acids is 2. The highest BCUT2D eigenvalue weighted by Crippen LogP contribution is 2.45. The lowest BCUT2D eigenvalue weighted by atomic mass is 9.82. The van der Waals surface area contributed by atoms with Gasteiger partial charge in [-0.25, -0.2) is 0 Å². The molecular formula is C25H22N4O2. The van der Waals surface area contributed by atoms with Crippen molar-refractivity contribution in [1.82, 2.24) is 4.90 Å². The van der Waals surface area contributed by atoms with E-state index in [2.05, 4.69) is 39.8 Å². The van der Waals surface area contributed by atoms with Crippen LogP contribution in [0.4, 0.5) is 17.1 Å². The van der Waals surface area contributed by atoms with Crippen LogP contribution in [0.1, 0.15) is 43.8 Å². The highest BCUT2D eigenvalue weighted by Gasteiger charge is 2.45. The third-order valence-electron chi connectivity index (χ3n) is 6.58. The van der Waals surface area contributed by atoms with Gasteiger partial charge in [-0.3, -0.25) is 14.5 Å². The van der Waals surface area contributed by atoms with Crippen molar-refractivity contribution in [2.24, 2.45) is 0 Å². The number of nitrogen functional groups attached to an aromatic ring is 1. The van der Waals surface area contributed by atoms with E-state index in [4.69, 9.17) is 5.73 Å². The molecule has 31 heavy (non-hydrogen) atoms. The van der Waals surface area contributed by atoms with Crippen LogP contribution in [0.2, 0.25) is 0 Å². The first-order chi connectivity index (χ1) is 15.0. The molecule has 6 rings (SSSR count). The Labute approximate surface area is 180 Å². The number of nitrogens with one attached hydrogen (secondary N) is 2. The number of hydrogen-bond donors (Lipinski definition) is 3. The zero-order valence-electron chi connectivity index (χ0n) is 16.9. The summed E-state index contributed by atoms with van der Waals surface area (Å²) in [6.45, 7) is 2.62. The van der Waals surface area contributed by atoms with Gasteiger partial charge in [0.15, 0.2) is 11.6 Å². The number of anilines is 3. The molecule has 1 saturated heterocycles. The van der Waals surface area contributed by atoms with Crippen LogP contribution in [0.5, 0.6) is 0 Å². The quantitative estimate of drug-likeness (QED) is 0.439. The Bertz CT molecular complexity index is 1250. The van der Waals surface area contributed by atoms with Crippen LogP contribution in [0.3, 0.4) is 0 Å². The van der Waals surface area contributed by atoms with E-state index in [9.17, 15) is 9.59 Å². The average molecular weight is 410 g/mol. The molecule has 1 aliphatic carbocycles. The maximum absolute atomic E-state index is 13.4. The Balaban J connectivity index is 1.33. The standard InChI is InChI=1S/C25H22N4O2/c26-18-8-4-7-16-20(18)23(30)17-9-10-19-22(21(17)24(16)31)28-25(27-19)11-12-29(14-25)13-15-5-2-1-3-6-15/h1-10,27-28H,11-14,26H2. The fourth-order valence-corrected chi connectivity index (χ4v) is 5.14. The lowest BCUT2D eigenvalue weighted by Gasteiger charge is -2.27. The Morgan fingerprint density at radius 2 is 1.65 bits per heavy atom. The predicted octanol–water partition coefficient (Wildman–Crippen LogP) is 3.48. The largest absolute Gasteiger partial charge is 0.398 e. The molecule has 0 amide bonds. The minimum Gasteiger partial charge on any atom is -0.398 e. The van der Waals surface area contributed by atoms with E-state index in [1.54, 1.807) is 24.3 Å². The molecule has 3 aromatic rings. The van der Waals surface area contributed by atoms with Crippen molar-refractivity contribution < 1.29 is 9.59 Å². The zero-order chi connectivity index (χ0) is 21.2. The maximum atomic E-state index is 13.4. The molecular weight excluding hydrogens is 388 g/mol. The number of rotatable bonds is 2. The van der Waals surface area contributed by atoms with Crippen LogP contribution >= 0.6 is 0 Å². The van der Waals surface area contributed by atoms with Crippen LogP contribution < -0.4 is 16.4 Å². The van der Waals surface area contributed by atoms with Crippen molar-refractivity contribution in [2.45, 2.75) is 18.6 Å². The fraction of sp³-hybridized carbons (Fsp3) is 0.200. The molecule has 1 spiro atoms. The fourth-order valence-electron chi connectivity index (χ4n) is 5.14. The predicted molar refractivity (Wildman–Crippen MR) is 120 cm³/mol. The highest BCUT2D eigenvalue weighted by molar-refractivity contribution is 6.32. The lowest BCUT2D eigenvalue weighted by molar-refractivity contribution is 0.0980. The molecule has 1 unspecified atom stereocenters. The van der Waals surface area contributed by atoms with Gasteiger partial charge in [0.25, 0.3) is 0 Å². The van der Waals surface area contributed by atoms with Gasteiger partial charge in [0.2, 0.25) is 0 Å². The second-order valence-corrected chi connectivity index (χ2v) is 8.62. The monoisotopic (exact) mass is 410 g/mol. The van der Waals surface area contributed by atoms with Crippen molar-refractivity contribution in [3.05, 3.63) is 88.5 Å². The topological polar surface area (TPSA) is 87.5 Å². The molecule has 0 saturated carbocycles. The first kappa shape index (κ1) is 18.2. The van der Waals surface area contributed by atoms with E-state index in [-0.39, 0.29) is 17.2 Å². The molecule has 2 aliphatic heterocycles. The number of nitrogens with zero attached hydrogens (tertiary/aromatic N) is 1. The Morgan fingerprint density at radius 1 is 0.871 bits per heavy atom. The van der Waals surface area contributed by atoms with Gasteiger partial charge in [-0.1, -0.05) is 42.5 Å². The van der Waals surface area contributed by atoms with Gasteiger partial charge in [0.1, 0.15) is 5.66 Å². The van der Waals surface area contributed by atoms with Crippen LogP contribution in [-0.2, 0) is 6.54 Å². The van der Waals surface area contributed by atoms with E-state index >= 15 is 0 Å². The van der Waals surface area contributed by atoms with Crippen molar-refractivity contribution in [1.29, 1.82) is 0 Å². The normalized spacial score (nSPS) is 21.4. The van der Waals surface area contributed by atoms with E-state index in [1.807, 2.05) is 12.1 Å². The second-order valence-electron chi connectivity index (χ2n) is 8.62. The summed E-state index contributed by atoms with van der Waals surface area (Å²) in [5.74, 6) is -0.343. The van der Waals surface area contributed by atoms with Gasteiger partial charge in [0, 0.05) is 42.9 Å². The lowest BCUT2D eigenvalue weighted by Crippen LogP contribution is -2.44. The number of hydrogen-bond acceptors (Lipinski definition) is 6. The van der Waals surface area contributed by atoms with E-state index in [0.29, 0.717) is 27.9 Å². The van der Waals surface area contributed by atoms with Gasteiger partial charge in [-0.05, 0) is 23.8 Å². The summed E-state index contributed by atoms with van der Waals surface area (Å²) >= 11 is 0. The van der Waals surface area contributed by atoms with Crippen molar-refractivity contribution in [3.8, 4) is 0 Å². The Hall–Kier alpha value is -3.64. The molecule has 3 aromatic carbocycles. The summed E-state index contributed by atoms with van der Waals surface area (Å²) in [7, 11) is 0. The summed E-state index contributed by atoms with van der Waals surface area (Å²) in [6, 6.07) is 19.1. The molecule has 0 bridgehead atoms. The van der Waals surface area contributed by atoms with E-state index in [1.165, 1.54) is 5.56 Å². The van der Waals surface area contributed by atoms with Gasteiger partial charge in [0.05, 0.1) is 22.5 Å². The van der Waals surface area contributed by atoms with Gasteiger partial charge < -0.3 is 16.4 Å². The zero-order valence-corrected chi connectivity index (χ0v) is 16.9. The summed E-state index contributed by atoms with van der Waals surface area (Å²) in [5, 5.41) is 7.20. The van der Waals surface area contributed by atoms with Gasteiger partial charge >= 0.3 is 0 Å². The smallest absolute Gasteiger partial charge is 0.196 e. The van der Waals surface area contributed by atoms with Crippen LogP contribution in [0.15, 0.2) is 60.7 Å². The molecule has 0 radical (unpaired) electrons. The number of carbonyl (C=O) groups is 2. The average Bonchev–Trinajstić information content (AvgIpc) is 3.34. The molecule has 1 atom stereocenters. The van der Waals surface area contributed by atoms with Crippen LogP contribution in [0.25, 0.3) is 0 Å². The summed E-state index contributed by atoms with van der Waals surface area (Å²) < 4.78 is 0. The minimum atomic E-state index is -0.342. The van der Waals surface area contributed by atoms with Crippen molar-refractivity contribution >= 4 is 28.6 Å². The maximum Gasteiger partial charge on any atom is 0.196 e. The third kappa shape index (κ3) is 2.68. The van der Waals surface area contributed by atoms with Crippen molar-refractivity contribution in [3.63, 3.8) is 0 Å². The summed E-state index contributed by atoms with van der Waals surface area (Å²) in [6.07, 6.45) is 0.898. The molecule has 2 heterocycles. The van der Waals surface area contributed by atoms with Gasteiger partial charge in [-0.15, -0.1) is 0 Å². The Kier molecular flexibility index (Phi) is 3.76. The number of fused-ring (bicyclic) bond motifs is 4. The number of nitrogens with two attached hydrogens (primary N) is 1. The molecule has 154 valence electrons. The first-order valence-corrected chi connectivity index (χ1v) is 10.5. The second kappa shape index (κ2) is 6.43. The van der Waals surface area contributed by atoms with E-state index < -0.39 is 0 Å². The highest BCUT2D eigenvalue weighted by atomic mass is 16.1. The molecule has 6 nitrogen and oxygen atoms in total. The molecule has 1 fully saturated rings. The number of ketones is 2. The summed E-state index contributed by atoms with van der Waals surface area (Å²) in [5.41, 5.74) is 10.5. The van der Waals surface area contributed by atoms with Crippen LogP contribution in [0, 0.1) is 0 Å². The Morgan fingerprint density at radius 3 is 2.48 bits per heavy atom. The third-order valence-corrected chi connectivity index (χ3v) is 6.58. The molecule has 0 aromatic heterocycles. The minimum absolute atomic E-state index is 0.153. The van der Waals surface area contributed by atoms with Gasteiger partial charge in [-0.2, -0.15) is 0 Å². The molecule has 4 N–H and O–H groups in total. The molecule has 6 heteroatoms. The number of likely N-dealkylation sites (tertiary alicyclic amines) is 1. The molecule has 3 aliphatic rings. The first-order valence-electron chi connectivity index (χ1n) is 10.5. The van der Waals surface area contributed by atoms with Crippen LogP contribution in [-0.4, -0.2) is 35.2 Å².